The molecule has 2 aromatic rings. The summed E-state index contributed by atoms with van der Waals surface area (Å²) in [5.41, 5.74) is 2.07. The van der Waals surface area contributed by atoms with Crippen molar-refractivity contribution in [1.29, 1.82) is 0 Å². The second-order valence-electron chi connectivity index (χ2n) is 3.92. The van der Waals surface area contributed by atoms with Crippen LogP contribution in [-0.4, -0.2) is 16.7 Å². The molecule has 2 aromatic heterocycles. The number of hydrogen-bond acceptors (Lipinski definition) is 3. The Morgan fingerprint density at radius 3 is 2.81 bits per heavy atom. The van der Waals surface area contributed by atoms with Gasteiger partial charge in [0.2, 0.25) is 0 Å². The zero-order valence-electron chi connectivity index (χ0n) is 9.92. The molecule has 2 N–H and O–H groups in total. The molecular weight excluding hydrogens is 202 g/mol. The Balaban J connectivity index is 2.21. The van der Waals surface area contributed by atoms with Crippen LogP contribution in [0.2, 0.25) is 0 Å². The fourth-order valence-corrected chi connectivity index (χ4v) is 1.70. The molecule has 0 fully saturated rings. The molecule has 0 spiro atoms. The molecule has 0 aromatic carbocycles. The SMILES string of the molecule is CCCNc1cc(-c2cc(C)oc2C)[nH]n1. The van der Waals surface area contributed by atoms with Gasteiger partial charge in [-0.2, -0.15) is 5.10 Å². The van der Waals surface area contributed by atoms with E-state index in [1.165, 1.54) is 0 Å². The predicted molar refractivity (Wildman–Crippen MR) is 64.5 cm³/mol. The highest BCUT2D eigenvalue weighted by molar-refractivity contribution is 5.65. The van der Waals surface area contributed by atoms with Gasteiger partial charge in [-0.15, -0.1) is 0 Å². The van der Waals surface area contributed by atoms with Crippen LogP contribution in [0.5, 0.6) is 0 Å². The highest BCUT2D eigenvalue weighted by atomic mass is 16.3. The van der Waals surface area contributed by atoms with Crippen LogP contribution in [0.3, 0.4) is 0 Å². The van der Waals surface area contributed by atoms with Crippen molar-refractivity contribution in [3.05, 3.63) is 23.7 Å². The summed E-state index contributed by atoms with van der Waals surface area (Å²) in [7, 11) is 0. The van der Waals surface area contributed by atoms with Crippen molar-refractivity contribution in [2.24, 2.45) is 0 Å². The molecule has 0 saturated carbocycles. The maximum atomic E-state index is 5.49. The summed E-state index contributed by atoms with van der Waals surface area (Å²) in [4.78, 5) is 0. The zero-order valence-corrected chi connectivity index (χ0v) is 9.92. The van der Waals surface area contributed by atoms with Crippen molar-refractivity contribution in [3.8, 4) is 11.3 Å². The van der Waals surface area contributed by atoms with Gasteiger partial charge in [-0.3, -0.25) is 5.10 Å². The van der Waals surface area contributed by atoms with Crippen molar-refractivity contribution >= 4 is 5.82 Å². The molecule has 0 aliphatic carbocycles. The third-order valence-corrected chi connectivity index (χ3v) is 2.47. The third kappa shape index (κ3) is 2.10. The van der Waals surface area contributed by atoms with Gasteiger partial charge in [-0.25, -0.2) is 0 Å². The first-order chi connectivity index (χ1) is 7.70. The molecule has 2 heterocycles. The van der Waals surface area contributed by atoms with E-state index in [0.29, 0.717) is 0 Å². The van der Waals surface area contributed by atoms with Gasteiger partial charge in [-0.05, 0) is 26.3 Å². The molecule has 4 heteroatoms. The second kappa shape index (κ2) is 4.43. The van der Waals surface area contributed by atoms with Crippen LogP contribution in [-0.2, 0) is 0 Å². The number of aromatic amines is 1. The summed E-state index contributed by atoms with van der Waals surface area (Å²) in [5, 5.41) is 10.5. The van der Waals surface area contributed by atoms with Crippen LogP contribution in [0.15, 0.2) is 16.5 Å². The first-order valence-electron chi connectivity index (χ1n) is 5.57. The lowest BCUT2D eigenvalue weighted by atomic mass is 10.2. The topological polar surface area (TPSA) is 53.9 Å². The van der Waals surface area contributed by atoms with Crippen molar-refractivity contribution in [1.82, 2.24) is 10.2 Å². The van der Waals surface area contributed by atoms with Gasteiger partial charge in [-0.1, -0.05) is 6.92 Å². The molecule has 86 valence electrons. The molecule has 0 bridgehead atoms. The molecular formula is C12H17N3O. The van der Waals surface area contributed by atoms with Crippen LogP contribution >= 0.6 is 0 Å². The van der Waals surface area contributed by atoms with Gasteiger partial charge >= 0.3 is 0 Å². The summed E-state index contributed by atoms with van der Waals surface area (Å²) in [6.45, 7) is 6.98. The molecule has 0 aliphatic rings. The molecule has 4 nitrogen and oxygen atoms in total. The lowest BCUT2D eigenvalue weighted by molar-refractivity contribution is 0.505. The number of aryl methyl sites for hydroxylation is 2. The Labute approximate surface area is 95.1 Å². The van der Waals surface area contributed by atoms with Gasteiger partial charge in [0.25, 0.3) is 0 Å². The maximum absolute atomic E-state index is 5.49. The van der Waals surface area contributed by atoms with Crippen molar-refractivity contribution < 1.29 is 4.42 Å². The molecule has 2 rings (SSSR count). The quantitative estimate of drug-likeness (QED) is 0.830. The second-order valence-corrected chi connectivity index (χ2v) is 3.92. The Kier molecular flexibility index (Phi) is 2.99. The van der Waals surface area contributed by atoms with Gasteiger partial charge in [0.05, 0.1) is 5.69 Å². The predicted octanol–water partition coefficient (Wildman–Crippen LogP) is 3.11. The highest BCUT2D eigenvalue weighted by Crippen LogP contribution is 2.26. The van der Waals surface area contributed by atoms with Gasteiger partial charge in [0.15, 0.2) is 0 Å². The van der Waals surface area contributed by atoms with Crippen molar-refractivity contribution in [2.75, 3.05) is 11.9 Å². The van der Waals surface area contributed by atoms with Crippen molar-refractivity contribution in [3.63, 3.8) is 0 Å². The number of nitrogens with zero attached hydrogens (tertiary/aromatic N) is 1. The van der Waals surface area contributed by atoms with Gasteiger partial charge in [0, 0.05) is 18.2 Å². The maximum Gasteiger partial charge on any atom is 0.148 e. The van der Waals surface area contributed by atoms with E-state index in [4.69, 9.17) is 4.42 Å². The Hall–Kier alpha value is -1.71. The van der Waals surface area contributed by atoms with E-state index < -0.39 is 0 Å². The monoisotopic (exact) mass is 219 g/mol. The number of furan rings is 1. The Bertz CT molecular complexity index is 470. The van der Waals surface area contributed by atoms with E-state index in [1.807, 2.05) is 26.0 Å². The largest absolute Gasteiger partial charge is 0.466 e. The lowest BCUT2D eigenvalue weighted by Crippen LogP contribution is -1.99. The molecule has 16 heavy (non-hydrogen) atoms. The van der Waals surface area contributed by atoms with E-state index >= 15 is 0 Å². The number of aromatic nitrogens is 2. The third-order valence-electron chi connectivity index (χ3n) is 2.47. The molecule has 0 saturated heterocycles. The average molecular weight is 219 g/mol. The minimum absolute atomic E-state index is 0.884. The van der Waals surface area contributed by atoms with E-state index in [1.54, 1.807) is 0 Å². The normalized spacial score (nSPS) is 10.7. The number of H-pyrrole nitrogens is 1. The molecule has 0 atom stereocenters. The molecule has 0 aliphatic heterocycles. The van der Waals surface area contributed by atoms with E-state index in [9.17, 15) is 0 Å². The van der Waals surface area contributed by atoms with Crippen molar-refractivity contribution in [2.45, 2.75) is 27.2 Å². The first-order valence-corrected chi connectivity index (χ1v) is 5.57. The van der Waals surface area contributed by atoms with Crippen LogP contribution in [0.1, 0.15) is 24.9 Å². The number of hydrogen-bond donors (Lipinski definition) is 2. The minimum atomic E-state index is 0.884. The molecule has 0 unspecified atom stereocenters. The van der Waals surface area contributed by atoms with Crippen LogP contribution in [0.25, 0.3) is 11.3 Å². The van der Waals surface area contributed by atoms with Gasteiger partial charge < -0.3 is 9.73 Å². The highest BCUT2D eigenvalue weighted by Gasteiger charge is 2.09. The summed E-state index contributed by atoms with van der Waals surface area (Å²) >= 11 is 0. The molecule has 0 amide bonds. The lowest BCUT2D eigenvalue weighted by Gasteiger charge is -1.96. The average Bonchev–Trinajstić information content (AvgIpc) is 2.82. The fraction of sp³-hybridized carbons (Fsp3) is 0.417. The Morgan fingerprint density at radius 1 is 1.38 bits per heavy atom. The number of anilines is 1. The smallest absolute Gasteiger partial charge is 0.148 e. The molecule has 0 radical (unpaired) electrons. The summed E-state index contributed by atoms with van der Waals surface area (Å²) < 4.78 is 5.49. The Morgan fingerprint density at radius 2 is 2.19 bits per heavy atom. The zero-order chi connectivity index (χ0) is 11.5. The van der Waals surface area contributed by atoms with Crippen LogP contribution in [0, 0.1) is 13.8 Å². The summed E-state index contributed by atoms with van der Waals surface area (Å²) in [6.07, 6.45) is 1.09. The van der Waals surface area contributed by atoms with Crippen LogP contribution < -0.4 is 5.32 Å². The minimum Gasteiger partial charge on any atom is -0.466 e. The first kappa shape index (κ1) is 10.8. The fourth-order valence-electron chi connectivity index (χ4n) is 1.70. The van der Waals surface area contributed by atoms with Gasteiger partial charge in [0.1, 0.15) is 17.3 Å². The number of rotatable bonds is 4. The number of nitrogens with one attached hydrogen (secondary N) is 2. The van der Waals surface area contributed by atoms with E-state index in [-0.39, 0.29) is 0 Å². The summed E-state index contributed by atoms with van der Waals surface area (Å²) in [5.74, 6) is 2.73. The standard InChI is InChI=1S/C12H17N3O/c1-4-5-13-12-7-11(14-15-12)10-6-8(2)16-9(10)3/h6-7H,4-5H2,1-3H3,(H2,13,14,15). The van der Waals surface area contributed by atoms with E-state index in [2.05, 4.69) is 22.4 Å². The van der Waals surface area contributed by atoms with Crippen LogP contribution in [0.4, 0.5) is 5.82 Å². The summed E-state index contributed by atoms with van der Waals surface area (Å²) in [6, 6.07) is 4.03. The van der Waals surface area contributed by atoms with E-state index in [0.717, 1.165) is 41.6 Å².